The first kappa shape index (κ1) is 11.4. The van der Waals surface area contributed by atoms with Crippen LogP contribution in [0.15, 0.2) is 27.3 Å². The Morgan fingerprint density at radius 1 is 1.38 bits per heavy atom. The SMILES string of the molecule is CCc1ccc(C(NC)c2cscc2C)o1. The van der Waals surface area contributed by atoms with E-state index in [1.165, 1.54) is 11.1 Å². The van der Waals surface area contributed by atoms with Gasteiger partial charge in [-0.05, 0) is 48.0 Å². The topological polar surface area (TPSA) is 25.2 Å². The number of aryl methyl sites for hydroxylation is 2. The van der Waals surface area contributed by atoms with E-state index in [0.717, 1.165) is 17.9 Å². The number of rotatable bonds is 4. The number of thiophene rings is 1. The normalized spacial score (nSPS) is 12.9. The van der Waals surface area contributed by atoms with Gasteiger partial charge in [-0.1, -0.05) is 6.92 Å². The Morgan fingerprint density at radius 3 is 2.69 bits per heavy atom. The van der Waals surface area contributed by atoms with Crippen LogP contribution in [0.5, 0.6) is 0 Å². The third kappa shape index (κ3) is 2.06. The molecule has 0 saturated heterocycles. The summed E-state index contributed by atoms with van der Waals surface area (Å²) in [4.78, 5) is 0. The van der Waals surface area contributed by atoms with E-state index in [2.05, 4.69) is 42.1 Å². The first-order chi connectivity index (χ1) is 7.76. The Morgan fingerprint density at radius 2 is 2.19 bits per heavy atom. The number of nitrogens with one attached hydrogen (secondary N) is 1. The second-order valence-electron chi connectivity index (χ2n) is 3.89. The first-order valence-electron chi connectivity index (χ1n) is 5.54. The standard InChI is InChI=1S/C13H17NOS/c1-4-10-5-6-12(15-10)13(14-3)11-8-16-7-9(11)2/h5-8,13-14H,4H2,1-3H3. The highest BCUT2D eigenvalue weighted by Crippen LogP contribution is 2.28. The zero-order valence-corrected chi connectivity index (χ0v) is 10.7. The molecule has 2 heterocycles. The molecule has 3 heteroatoms. The molecule has 1 N–H and O–H groups in total. The summed E-state index contributed by atoms with van der Waals surface area (Å²) in [7, 11) is 1.97. The molecule has 0 spiro atoms. The van der Waals surface area contributed by atoms with Crippen LogP contribution in [0.4, 0.5) is 0 Å². The van der Waals surface area contributed by atoms with Crippen molar-refractivity contribution in [3.8, 4) is 0 Å². The summed E-state index contributed by atoms with van der Waals surface area (Å²) in [6.07, 6.45) is 0.944. The summed E-state index contributed by atoms with van der Waals surface area (Å²) < 4.78 is 5.81. The molecular formula is C13H17NOS. The van der Waals surface area contributed by atoms with E-state index in [9.17, 15) is 0 Å². The fourth-order valence-electron chi connectivity index (χ4n) is 1.86. The van der Waals surface area contributed by atoms with Crippen molar-refractivity contribution >= 4 is 11.3 Å². The predicted molar refractivity (Wildman–Crippen MR) is 68.0 cm³/mol. The Balaban J connectivity index is 2.32. The highest BCUT2D eigenvalue weighted by atomic mass is 32.1. The van der Waals surface area contributed by atoms with Gasteiger partial charge in [-0.3, -0.25) is 0 Å². The minimum absolute atomic E-state index is 0.173. The maximum absolute atomic E-state index is 5.81. The van der Waals surface area contributed by atoms with Gasteiger partial charge in [-0.2, -0.15) is 11.3 Å². The second kappa shape index (κ2) is 4.85. The summed E-state index contributed by atoms with van der Waals surface area (Å²) in [5, 5.41) is 7.67. The molecule has 2 nitrogen and oxygen atoms in total. The van der Waals surface area contributed by atoms with Crippen molar-refractivity contribution in [3.05, 3.63) is 45.5 Å². The average Bonchev–Trinajstić information content (AvgIpc) is 2.90. The van der Waals surface area contributed by atoms with Gasteiger partial charge in [0.15, 0.2) is 0 Å². The molecule has 0 aliphatic rings. The average molecular weight is 235 g/mol. The summed E-state index contributed by atoms with van der Waals surface area (Å²) in [5.74, 6) is 2.05. The van der Waals surface area contributed by atoms with Crippen LogP contribution in [0.2, 0.25) is 0 Å². The third-order valence-corrected chi connectivity index (χ3v) is 3.69. The molecule has 2 rings (SSSR count). The van der Waals surface area contributed by atoms with E-state index >= 15 is 0 Å². The molecule has 1 unspecified atom stereocenters. The molecule has 0 aromatic carbocycles. The minimum atomic E-state index is 0.173. The lowest BCUT2D eigenvalue weighted by atomic mass is 10.0. The quantitative estimate of drug-likeness (QED) is 0.877. The third-order valence-electron chi connectivity index (χ3n) is 2.81. The maximum atomic E-state index is 5.81. The second-order valence-corrected chi connectivity index (χ2v) is 4.63. The number of furan rings is 1. The van der Waals surface area contributed by atoms with Gasteiger partial charge in [0, 0.05) is 6.42 Å². The Bertz CT molecular complexity index is 458. The molecule has 1 atom stereocenters. The van der Waals surface area contributed by atoms with Crippen molar-refractivity contribution < 1.29 is 4.42 Å². The Labute approximate surface area is 100 Å². The van der Waals surface area contributed by atoms with Gasteiger partial charge in [0.05, 0.1) is 6.04 Å². The summed E-state index contributed by atoms with van der Waals surface area (Å²) in [6, 6.07) is 4.30. The van der Waals surface area contributed by atoms with Crippen LogP contribution < -0.4 is 5.32 Å². The van der Waals surface area contributed by atoms with Crippen LogP contribution in [-0.4, -0.2) is 7.05 Å². The lowest BCUT2D eigenvalue weighted by Crippen LogP contribution is -2.17. The first-order valence-corrected chi connectivity index (χ1v) is 6.49. The van der Waals surface area contributed by atoms with Crippen LogP contribution in [0.25, 0.3) is 0 Å². The van der Waals surface area contributed by atoms with Crippen LogP contribution in [0.1, 0.15) is 35.6 Å². The molecule has 0 aliphatic heterocycles. The monoisotopic (exact) mass is 235 g/mol. The van der Waals surface area contributed by atoms with Gasteiger partial charge in [0.25, 0.3) is 0 Å². The van der Waals surface area contributed by atoms with Crippen molar-refractivity contribution in [2.24, 2.45) is 0 Å². The highest BCUT2D eigenvalue weighted by Gasteiger charge is 2.18. The maximum Gasteiger partial charge on any atom is 0.125 e. The molecule has 2 aromatic heterocycles. The van der Waals surface area contributed by atoms with Gasteiger partial charge in [-0.25, -0.2) is 0 Å². The summed E-state index contributed by atoms with van der Waals surface area (Å²) in [6.45, 7) is 4.24. The molecule has 0 fully saturated rings. The lowest BCUT2D eigenvalue weighted by molar-refractivity contribution is 0.434. The molecule has 0 bridgehead atoms. The smallest absolute Gasteiger partial charge is 0.125 e. The predicted octanol–water partition coefficient (Wildman–Crippen LogP) is 3.52. The van der Waals surface area contributed by atoms with E-state index < -0.39 is 0 Å². The van der Waals surface area contributed by atoms with Gasteiger partial charge in [0.1, 0.15) is 11.5 Å². The van der Waals surface area contributed by atoms with Crippen molar-refractivity contribution in [1.29, 1.82) is 0 Å². The molecule has 0 aliphatic carbocycles. The van der Waals surface area contributed by atoms with Crippen molar-refractivity contribution in [3.63, 3.8) is 0 Å². The lowest BCUT2D eigenvalue weighted by Gasteiger charge is -2.13. The fraction of sp³-hybridized carbons (Fsp3) is 0.385. The van der Waals surface area contributed by atoms with Crippen LogP contribution in [0, 0.1) is 6.92 Å². The molecular weight excluding hydrogens is 218 g/mol. The van der Waals surface area contributed by atoms with Crippen LogP contribution >= 0.6 is 11.3 Å². The molecule has 0 saturated carbocycles. The van der Waals surface area contributed by atoms with Gasteiger partial charge in [-0.15, -0.1) is 0 Å². The number of hydrogen-bond acceptors (Lipinski definition) is 3. The minimum Gasteiger partial charge on any atom is -0.464 e. The van der Waals surface area contributed by atoms with E-state index in [4.69, 9.17) is 4.42 Å². The van der Waals surface area contributed by atoms with Crippen molar-refractivity contribution in [2.45, 2.75) is 26.3 Å². The fourth-order valence-corrected chi connectivity index (χ4v) is 2.73. The van der Waals surface area contributed by atoms with Crippen LogP contribution in [0.3, 0.4) is 0 Å². The Kier molecular flexibility index (Phi) is 3.46. The highest BCUT2D eigenvalue weighted by molar-refractivity contribution is 7.08. The van der Waals surface area contributed by atoms with E-state index in [-0.39, 0.29) is 6.04 Å². The Hall–Kier alpha value is -1.06. The zero-order chi connectivity index (χ0) is 11.5. The largest absolute Gasteiger partial charge is 0.464 e. The summed E-state index contributed by atoms with van der Waals surface area (Å²) in [5.41, 5.74) is 2.63. The van der Waals surface area contributed by atoms with E-state index in [0.29, 0.717) is 0 Å². The molecule has 2 aromatic rings. The van der Waals surface area contributed by atoms with Gasteiger partial charge >= 0.3 is 0 Å². The zero-order valence-electron chi connectivity index (χ0n) is 9.91. The van der Waals surface area contributed by atoms with Gasteiger partial charge in [0.2, 0.25) is 0 Å². The van der Waals surface area contributed by atoms with Crippen LogP contribution in [-0.2, 0) is 6.42 Å². The molecule has 16 heavy (non-hydrogen) atoms. The molecule has 0 radical (unpaired) electrons. The van der Waals surface area contributed by atoms with Gasteiger partial charge < -0.3 is 9.73 Å². The van der Waals surface area contributed by atoms with Crippen molar-refractivity contribution in [1.82, 2.24) is 5.32 Å². The number of hydrogen-bond donors (Lipinski definition) is 1. The molecule has 86 valence electrons. The molecule has 0 amide bonds. The van der Waals surface area contributed by atoms with E-state index in [1.807, 2.05) is 7.05 Å². The van der Waals surface area contributed by atoms with Crippen molar-refractivity contribution in [2.75, 3.05) is 7.05 Å². The van der Waals surface area contributed by atoms with E-state index in [1.54, 1.807) is 11.3 Å². The summed E-state index contributed by atoms with van der Waals surface area (Å²) >= 11 is 1.74.